The van der Waals surface area contributed by atoms with Crippen molar-refractivity contribution in [1.29, 1.82) is 0 Å². The van der Waals surface area contributed by atoms with Gasteiger partial charge in [-0.2, -0.15) is 15.1 Å². The normalized spacial score (nSPS) is 10.3. The number of nitrogens with one attached hydrogen (secondary N) is 1. The fourth-order valence-electron chi connectivity index (χ4n) is 1.24. The molecule has 0 aliphatic heterocycles. The van der Waals surface area contributed by atoms with Gasteiger partial charge >= 0.3 is 0 Å². The Bertz CT molecular complexity index is 508. The summed E-state index contributed by atoms with van der Waals surface area (Å²) >= 11 is 1.43. The number of aromatic amines is 1. The number of H-pyrrole nitrogens is 1. The third-order valence-corrected chi connectivity index (χ3v) is 3.08. The van der Waals surface area contributed by atoms with Gasteiger partial charge in [0.15, 0.2) is 5.16 Å². The average Bonchev–Trinajstić information content (AvgIpc) is 2.81. The van der Waals surface area contributed by atoms with Crippen LogP contribution in [0.1, 0.15) is 5.56 Å². The van der Waals surface area contributed by atoms with E-state index in [1.165, 1.54) is 11.8 Å². The average molecular weight is 267 g/mol. The van der Waals surface area contributed by atoms with E-state index in [0.717, 1.165) is 5.56 Å². The van der Waals surface area contributed by atoms with E-state index >= 15 is 0 Å². The molecule has 0 spiro atoms. The van der Waals surface area contributed by atoms with Crippen molar-refractivity contribution >= 4 is 17.6 Å². The summed E-state index contributed by atoms with van der Waals surface area (Å²) in [7, 11) is 3.09. The minimum Gasteiger partial charge on any atom is -0.481 e. The molecule has 3 N–H and O–H groups in total. The van der Waals surface area contributed by atoms with E-state index in [4.69, 9.17) is 15.2 Å². The van der Waals surface area contributed by atoms with Crippen molar-refractivity contribution < 1.29 is 9.47 Å². The molecular weight excluding hydrogens is 254 g/mol. The molecule has 0 unspecified atom stereocenters. The summed E-state index contributed by atoms with van der Waals surface area (Å²) in [6.45, 7) is 0. The van der Waals surface area contributed by atoms with E-state index in [2.05, 4.69) is 20.2 Å². The molecule has 8 heteroatoms. The second-order valence-electron chi connectivity index (χ2n) is 3.33. The number of nitrogens with two attached hydrogens (primary N) is 1. The van der Waals surface area contributed by atoms with Crippen LogP contribution in [0.4, 0.5) is 5.82 Å². The lowest BCUT2D eigenvalue weighted by molar-refractivity contribution is 0.364. The van der Waals surface area contributed by atoms with Gasteiger partial charge in [0.25, 0.3) is 0 Å². The van der Waals surface area contributed by atoms with Gasteiger partial charge < -0.3 is 15.2 Å². The molecule has 2 heterocycles. The Hall–Kier alpha value is -1.96. The van der Waals surface area contributed by atoms with Crippen LogP contribution in [0.2, 0.25) is 0 Å². The second-order valence-corrected chi connectivity index (χ2v) is 4.28. The molecule has 0 fully saturated rings. The lowest BCUT2D eigenvalue weighted by atomic mass is 10.4. The molecule has 7 nitrogen and oxygen atoms in total. The Morgan fingerprint density at radius 2 is 1.94 bits per heavy atom. The molecule has 0 atom stereocenters. The summed E-state index contributed by atoms with van der Waals surface area (Å²) in [6.07, 6.45) is 1.68. The fraction of sp³-hybridized carbons (Fsp3) is 0.300. The number of ether oxygens (including phenoxy) is 2. The maximum atomic E-state index is 5.70. The van der Waals surface area contributed by atoms with Crippen LogP contribution in [-0.4, -0.2) is 34.4 Å². The van der Waals surface area contributed by atoms with Crippen LogP contribution >= 0.6 is 11.8 Å². The summed E-state index contributed by atoms with van der Waals surface area (Å²) in [6, 6.07) is 1.62. The number of methoxy groups -OCH3 is 2. The Kier molecular flexibility index (Phi) is 3.88. The standard InChI is InChI=1S/C10H13N5O2S/c1-16-7-3-8(17-2)14-10(13-7)18-5-6-4-12-15-9(6)11/h3-4H,5H2,1-2H3,(H3,11,12,15). The van der Waals surface area contributed by atoms with Gasteiger partial charge in [-0.1, -0.05) is 11.8 Å². The van der Waals surface area contributed by atoms with Crippen LogP contribution in [0.3, 0.4) is 0 Å². The lowest BCUT2D eigenvalue weighted by Gasteiger charge is -2.05. The first-order valence-corrected chi connectivity index (χ1v) is 6.09. The molecule has 0 amide bonds. The molecule has 0 radical (unpaired) electrons. The predicted molar refractivity (Wildman–Crippen MR) is 67.7 cm³/mol. The first kappa shape index (κ1) is 12.5. The van der Waals surface area contributed by atoms with E-state index in [1.54, 1.807) is 26.5 Å². The van der Waals surface area contributed by atoms with Gasteiger partial charge in [-0.3, -0.25) is 5.10 Å². The van der Waals surface area contributed by atoms with Crippen molar-refractivity contribution in [3.63, 3.8) is 0 Å². The van der Waals surface area contributed by atoms with Gasteiger partial charge in [-0.05, 0) is 0 Å². The first-order chi connectivity index (χ1) is 8.72. The Labute approximate surface area is 108 Å². The number of thioether (sulfide) groups is 1. The third-order valence-electron chi connectivity index (χ3n) is 2.19. The highest BCUT2D eigenvalue weighted by Crippen LogP contribution is 2.25. The van der Waals surface area contributed by atoms with Crippen molar-refractivity contribution in [3.05, 3.63) is 17.8 Å². The van der Waals surface area contributed by atoms with E-state index in [-0.39, 0.29) is 0 Å². The van der Waals surface area contributed by atoms with Crippen molar-refractivity contribution in [2.45, 2.75) is 10.9 Å². The Morgan fingerprint density at radius 3 is 2.44 bits per heavy atom. The van der Waals surface area contributed by atoms with E-state index < -0.39 is 0 Å². The topological polar surface area (TPSA) is 98.9 Å². The molecule has 0 saturated heterocycles. The van der Waals surface area contributed by atoms with Gasteiger partial charge in [0.2, 0.25) is 11.8 Å². The minimum absolute atomic E-state index is 0.463. The number of aromatic nitrogens is 4. The quantitative estimate of drug-likeness (QED) is 0.618. The summed E-state index contributed by atoms with van der Waals surface area (Å²) < 4.78 is 10.1. The molecule has 2 aromatic rings. The van der Waals surface area contributed by atoms with E-state index in [0.29, 0.717) is 28.5 Å². The van der Waals surface area contributed by atoms with Crippen LogP contribution in [0, 0.1) is 0 Å². The predicted octanol–water partition coefficient (Wildman–Crippen LogP) is 1.09. The van der Waals surface area contributed by atoms with Gasteiger partial charge in [0.1, 0.15) is 5.82 Å². The first-order valence-electron chi connectivity index (χ1n) is 5.10. The maximum absolute atomic E-state index is 5.70. The van der Waals surface area contributed by atoms with E-state index in [9.17, 15) is 0 Å². The van der Waals surface area contributed by atoms with Crippen molar-refractivity contribution in [3.8, 4) is 11.8 Å². The van der Waals surface area contributed by atoms with E-state index in [1.807, 2.05) is 0 Å². The lowest BCUT2D eigenvalue weighted by Crippen LogP contribution is -1.96. The molecule has 96 valence electrons. The molecule has 0 aliphatic carbocycles. The third kappa shape index (κ3) is 2.83. The van der Waals surface area contributed by atoms with Gasteiger partial charge in [0, 0.05) is 11.3 Å². The largest absolute Gasteiger partial charge is 0.481 e. The second kappa shape index (κ2) is 5.58. The zero-order valence-electron chi connectivity index (χ0n) is 10.0. The minimum atomic E-state index is 0.463. The molecular formula is C10H13N5O2S. The molecule has 2 rings (SSSR count). The fourth-order valence-corrected chi connectivity index (χ4v) is 2.06. The molecule has 0 saturated carbocycles. The van der Waals surface area contributed by atoms with Gasteiger partial charge in [0.05, 0.1) is 26.5 Å². The number of hydrogen-bond donors (Lipinski definition) is 2. The molecule has 0 bridgehead atoms. The number of nitrogen functional groups attached to an aromatic ring is 1. The summed E-state index contributed by atoms with van der Waals surface area (Å²) in [4.78, 5) is 8.41. The number of hydrogen-bond acceptors (Lipinski definition) is 7. The summed E-state index contributed by atoms with van der Waals surface area (Å²) in [5, 5.41) is 7.08. The highest BCUT2D eigenvalue weighted by atomic mass is 32.2. The molecule has 18 heavy (non-hydrogen) atoms. The SMILES string of the molecule is COc1cc(OC)nc(SCc2cn[nH]c2N)n1. The molecule has 2 aromatic heterocycles. The van der Waals surface area contributed by atoms with Crippen LogP contribution in [-0.2, 0) is 5.75 Å². The molecule has 0 aliphatic rings. The zero-order valence-corrected chi connectivity index (χ0v) is 10.8. The monoisotopic (exact) mass is 267 g/mol. The highest BCUT2D eigenvalue weighted by molar-refractivity contribution is 7.98. The van der Waals surface area contributed by atoms with Gasteiger partial charge in [-0.25, -0.2) is 0 Å². The number of nitrogens with zero attached hydrogens (tertiary/aromatic N) is 3. The highest BCUT2D eigenvalue weighted by Gasteiger charge is 2.08. The van der Waals surface area contributed by atoms with Crippen molar-refractivity contribution in [2.75, 3.05) is 20.0 Å². The Morgan fingerprint density at radius 1 is 1.28 bits per heavy atom. The smallest absolute Gasteiger partial charge is 0.220 e. The number of anilines is 1. The van der Waals surface area contributed by atoms with Crippen LogP contribution in [0.5, 0.6) is 11.8 Å². The van der Waals surface area contributed by atoms with Gasteiger partial charge in [-0.15, -0.1) is 0 Å². The zero-order chi connectivity index (χ0) is 13.0. The summed E-state index contributed by atoms with van der Waals surface area (Å²) in [5.74, 6) is 2.10. The van der Waals surface area contributed by atoms with Crippen LogP contribution in [0.15, 0.2) is 17.4 Å². The van der Waals surface area contributed by atoms with Crippen molar-refractivity contribution in [1.82, 2.24) is 20.2 Å². The summed E-state index contributed by atoms with van der Waals surface area (Å²) in [5.41, 5.74) is 6.60. The Balaban J connectivity index is 2.11. The number of rotatable bonds is 5. The van der Waals surface area contributed by atoms with Crippen LogP contribution < -0.4 is 15.2 Å². The maximum Gasteiger partial charge on any atom is 0.220 e. The molecule has 0 aromatic carbocycles. The van der Waals surface area contributed by atoms with Crippen molar-refractivity contribution in [2.24, 2.45) is 0 Å². The van der Waals surface area contributed by atoms with Crippen LogP contribution in [0.25, 0.3) is 0 Å².